The van der Waals surface area contributed by atoms with E-state index in [0.717, 1.165) is 0 Å². The molecular formula is C13H15NO5. The van der Waals surface area contributed by atoms with E-state index < -0.39 is 12.1 Å². The number of para-hydroxylation sites is 1. The molecule has 2 N–H and O–H groups in total. The van der Waals surface area contributed by atoms with Gasteiger partial charge >= 0.3 is 5.97 Å². The van der Waals surface area contributed by atoms with Crippen molar-refractivity contribution >= 4 is 17.6 Å². The minimum Gasteiger partial charge on any atom is -0.481 e. The third kappa shape index (κ3) is 3.77. The number of hydrogen-bond donors (Lipinski definition) is 2. The number of aliphatic carboxylic acids is 1. The van der Waals surface area contributed by atoms with Gasteiger partial charge in [-0.15, -0.1) is 0 Å². The fraction of sp³-hybridized carbons (Fsp3) is 0.385. The lowest BCUT2D eigenvalue weighted by Crippen LogP contribution is -2.39. The number of carbonyl (C=O) groups excluding carboxylic acids is 1. The zero-order valence-corrected chi connectivity index (χ0v) is 10.3. The zero-order valence-electron chi connectivity index (χ0n) is 10.3. The second kappa shape index (κ2) is 6.31. The van der Waals surface area contributed by atoms with Gasteiger partial charge in [-0.25, -0.2) is 0 Å². The number of carboxylic acid groups (broad SMARTS) is 1. The van der Waals surface area contributed by atoms with E-state index in [1.165, 1.54) is 0 Å². The Bertz CT molecular complexity index is 468. The number of carboxylic acids is 1. The number of nitrogens with one attached hydrogen (secondary N) is 1. The summed E-state index contributed by atoms with van der Waals surface area (Å²) in [6.45, 7) is 1.08. The van der Waals surface area contributed by atoms with Gasteiger partial charge in [0.15, 0.2) is 6.10 Å². The number of benzene rings is 1. The van der Waals surface area contributed by atoms with Gasteiger partial charge in [0.2, 0.25) is 0 Å². The van der Waals surface area contributed by atoms with E-state index in [1.807, 2.05) is 0 Å². The Labute approximate surface area is 110 Å². The van der Waals surface area contributed by atoms with Crippen molar-refractivity contribution in [3.8, 4) is 0 Å². The lowest BCUT2D eigenvalue weighted by Gasteiger charge is -2.22. The molecule has 0 unspecified atom stereocenters. The summed E-state index contributed by atoms with van der Waals surface area (Å²) in [6, 6.07) is 6.80. The van der Waals surface area contributed by atoms with Crippen LogP contribution in [0.1, 0.15) is 5.56 Å². The average Bonchev–Trinajstić information content (AvgIpc) is 2.41. The van der Waals surface area contributed by atoms with Gasteiger partial charge in [0, 0.05) is 5.69 Å². The van der Waals surface area contributed by atoms with E-state index in [9.17, 15) is 9.59 Å². The van der Waals surface area contributed by atoms with Crippen LogP contribution in [0.4, 0.5) is 5.69 Å². The molecule has 1 heterocycles. The molecule has 1 aliphatic heterocycles. The topological polar surface area (TPSA) is 84.9 Å². The molecule has 0 bridgehead atoms. The van der Waals surface area contributed by atoms with Gasteiger partial charge in [0.1, 0.15) is 0 Å². The van der Waals surface area contributed by atoms with Crippen molar-refractivity contribution in [2.24, 2.45) is 0 Å². The van der Waals surface area contributed by atoms with Crippen molar-refractivity contribution in [3.05, 3.63) is 29.8 Å². The van der Waals surface area contributed by atoms with Crippen molar-refractivity contribution in [2.75, 3.05) is 25.1 Å². The SMILES string of the molecule is O=C(O)Cc1ccccc1NC(=O)[C@@H]1COCCO1. The highest BCUT2D eigenvalue weighted by Gasteiger charge is 2.23. The normalized spacial score (nSPS) is 18.8. The maximum absolute atomic E-state index is 11.9. The van der Waals surface area contributed by atoms with Gasteiger partial charge in [-0.2, -0.15) is 0 Å². The Morgan fingerprint density at radius 2 is 2.11 bits per heavy atom. The van der Waals surface area contributed by atoms with Gasteiger partial charge in [-0.1, -0.05) is 18.2 Å². The van der Waals surface area contributed by atoms with E-state index in [0.29, 0.717) is 24.5 Å². The van der Waals surface area contributed by atoms with Crippen LogP contribution in [0.5, 0.6) is 0 Å². The number of amides is 1. The first-order valence-electron chi connectivity index (χ1n) is 5.96. The summed E-state index contributed by atoms with van der Waals surface area (Å²) in [7, 11) is 0. The van der Waals surface area contributed by atoms with Crippen LogP contribution in [0.3, 0.4) is 0 Å². The summed E-state index contributed by atoms with van der Waals surface area (Å²) in [5.74, 6) is -1.27. The number of ether oxygens (including phenoxy) is 2. The summed E-state index contributed by atoms with van der Waals surface area (Å²) >= 11 is 0. The largest absolute Gasteiger partial charge is 0.481 e. The predicted molar refractivity (Wildman–Crippen MR) is 67.0 cm³/mol. The Kier molecular flexibility index (Phi) is 4.48. The van der Waals surface area contributed by atoms with Crippen LogP contribution in [0, 0.1) is 0 Å². The van der Waals surface area contributed by atoms with Crippen molar-refractivity contribution < 1.29 is 24.2 Å². The first-order valence-corrected chi connectivity index (χ1v) is 5.96. The third-order valence-corrected chi connectivity index (χ3v) is 2.73. The second-order valence-corrected chi connectivity index (χ2v) is 4.15. The highest BCUT2D eigenvalue weighted by atomic mass is 16.6. The summed E-state index contributed by atoms with van der Waals surface area (Å²) in [6.07, 6.45) is -0.787. The number of rotatable bonds is 4. The Morgan fingerprint density at radius 3 is 2.79 bits per heavy atom. The van der Waals surface area contributed by atoms with E-state index >= 15 is 0 Å². The molecule has 1 atom stereocenters. The monoisotopic (exact) mass is 265 g/mol. The molecule has 1 saturated heterocycles. The number of carbonyl (C=O) groups is 2. The third-order valence-electron chi connectivity index (χ3n) is 2.73. The van der Waals surface area contributed by atoms with E-state index in [4.69, 9.17) is 14.6 Å². The molecule has 0 spiro atoms. The van der Waals surface area contributed by atoms with Crippen LogP contribution >= 0.6 is 0 Å². The first kappa shape index (κ1) is 13.5. The molecule has 1 fully saturated rings. The summed E-state index contributed by atoms with van der Waals surface area (Å²) in [5, 5.41) is 11.5. The molecule has 102 valence electrons. The Balaban J connectivity index is 2.05. The predicted octanol–water partition coefficient (Wildman–Crippen LogP) is 0.668. The van der Waals surface area contributed by atoms with Crippen molar-refractivity contribution in [3.63, 3.8) is 0 Å². The average molecular weight is 265 g/mol. The lowest BCUT2D eigenvalue weighted by molar-refractivity contribution is -0.142. The van der Waals surface area contributed by atoms with Crippen LogP contribution in [0.2, 0.25) is 0 Å². The fourth-order valence-corrected chi connectivity index (χ4v) is 1.81. The second-order valence-electron chi connectivity index (χ2n) is 4.15. The Hall–Kier alpha value is -1.92. The molecule has 0 aromatic heterocycles. The van der Waals surface area contributed by atoms with E-state index in [-0.39, 0.29) is 18.9 Å². The maximum atomic E-state index is 11.9. The van der Waals surface area contributed by atoms with Gasteiger partial charge in [-0.05, 0) is 11.6 Å². The van der Waals surface area contributed by atoms with E-state index in [1.54, 1.807) is 24.3 Å². The molecule has 0 saturated carbocycles. The number of hydrogen-bond acceptors (Lipinski definition) is 4. The number of anilines is 1. The molecule has 0 radical (unpaired) electrons. The van der Waals surface area contributed by atoms with E-state index in [2.05, 4.69) is 5.32 Å². The molecule has 2 rings (SSSR count). The molecule has 6 heteroatoms. The highest BCUT2D eigenvalue weighted by molar-refractivity contribution is 5.95. The summed E-state index contributed by atoms with van der Waals surface area (Å²) < 4.78 is 10.4. The highest BCUT2D eigenvalue weighted by Crippen LogP contribution is 2.16. The summed E-state index contributed by atoms with van der Waals surface area (Å²) in [5.41, 5.74) is 1.05. The summed E-state index contributed by atoms with van der Waals surface area (Å²) in [4.78, 5) is 22.7. The van der Waals surface area contributed by atoms with Gasteiger partial charge < -0.3 is 19.9 Å². The first-order chi connectivity index (χ1) is 9.16. The minimum atomic E-state index is -0.945. The Morgan fingerprint density at radius 1 is 1.32 bits per heavy atom. The van der Waals surface area contributed by atoms with Gasteiger partial charge in [0.25, 0.3) is 5.91 Å². The maximum Gasteiger partial charge on any atom is 0.307 e. The van der Waals surface area contributed by atoms with Crippen molar-refractivity contribution in [1.29, 1.82) is 0 Å². The molecule has 1 aromatic rings. The van der Waals surface area contributed by atoms with Crippen LogP contribution in [-0.2, 0) is 25.5 Å². The standard InChI is InChI=1S/C13H15NO5/c15-12(16)7-9-3-1-2-4-10(9)14-13(17)11-8-18-5-6-19-11/h1-4,11H,5-8H2,(H,14,17)(H,15,16)/t11-/m0/s1. The molecular weight excluding hydrogens is 250 g/mol. The quantitative estimate of drug-likeness (QED) is 0.835. The molecule has 1 aliphatic rings. The minimum absolute atomic E-state index is 0.140. The fourth-order valence-electron chi connectivity index (χ4n) is 1.81. The molecule has 19 heavy (non-hydrogen) atoms. The van der Waals surface area contributed by atoms with Crippen LogP contribution in [0.25, 0.3) is 0 Å². The molecule has 6 nitrogen and oxygen atoms in total. The van der Waals surface area contributed by atoms with Gasteiger partial charge in [0.05, 0.1) is 26.2 Å². The molecule has 0 aliphatic carbocycles. The zero-order chi connectivity index (χ0) is 13.7. The molecule has 1 aromatic carbocycles. The van der Waals surface area contributed by atoms with Crippen molar-refractivity contribution in [2.45, 2.75) is 12.5 Å². The van der Waals surface area contributed by atoms with Crippen LogP contribution in [0.15, 0.2) is 24.3 Å². The lowest BCUT2D eigenvalue weighted by atomic mass is 10.1. The van der Waals surface area contributed by atoms with Crippen LogP contribution in [-0.4, -0.2) is 42.9 Å². The smallest absolute Gasteiger partial charge is 0.307 e. The van der Waals surface area contributed by atoms with Gasteiger partial charge in [-0.3, -0.25) is 9.59 Å². The van der Waals surface area contributed by atoms with Crippen molar-refractivity contribution in [1.82, 2.24) is 0 Å². The van der Waals surface area contributed by atoms with Crippen LogP contribution < -0.4 is 5.32 Å². The molecule has 1 amide bonds.